The number of aliphatic carboxylic acids is 1. The summed E-state index contributed by atoms with van der Waals surface area (Å²) in [7, 11) is 0. The first-order chi connectivity index (χ1) is 8.56. The number of carbonyl (C=O) groups is 1. The molecule has 18 heavy (non-hydrogen) atoms. The molecule has 0 fully saturated rings. The highest BCUT2D eigenvalue weighted by atomic mass is 32.2. The highest BCUT2D eigenvalue weighted by Gasteiger charge is 2.14. The van der Waals surface area contributed by atoms with E-state index in [4.69, 9.17) is 5.11 Å². The number of aromatic hydroxyl groups is 2. The smallest absolute Gasteiger partial charge is 0.328 e. The van der Waals surface area contributed by atoms with Crippen molar-refractivity contribution < 1.29 is 20.1 Å². The third-order valence-electron chi connectivity index (χ3n) is 2.32. The number of phenolic OH excluding ortho intramolecular Hbond substituents is 2. The highest BCUT2D eigenvalue weighted by molar-refractivity contribution is 7.98. The molecule has 1 rings (SSSR count). The van der Waals surface area contributed by atoms with Crippen LogP contribution in [0.1, 0.15) is 12.0 Å². The van der Waals surface area contributed by atoms with Crippen molar-refractivity contribution in [2.45, 2.75) is 12.5 Å². The molecule has 0 aliphatic rings. The molecule has 1 aromatic rings. The van der Waals surface area contributed by atoms with Gasteiger partial charge in [-0.2, -0.15) is 11.8 Å². The van der Waals surface area contributed by atoms with Crippen molar-refractivity contribution in [3.05, 3.63) is 23.8 Å². The fourth-order valence-corrected chi connectivity index (χ4v) is 1.77. The fourth-order valence-electron chi connectivity index (χ4n) is 1.31. The predicted molar refractivity (Wildman–Crippen MR) is 71.8 cm³/mol. The number of hydrogen-bond donors (Lipinski definition) is 3. The monoisotopic (exact) mass is 269 g/mol. The zero-order chi connectivity index (χ0) is 13.5. The number of phenols is 2. The molecule has 0 aliphatic heterocycles. The molecule has 5 nitrogen and oxygen atoms in total. The SMILES string of the molecule is CSCC[C@H](N=Cc1cccc(O)c1O)C(=O)O. The molecule has 0 radical (unpaired) electrons. The Morgan fingerprint density at radius 1 is 1.50 bits per heavy atom. The Morgan fingerprint density at radius 3 is 2.83 bits per heavy atom. The standard InChI is InChI=1S/C12H15NO4S/c1-18-6-5-9(12(16)17)13-7-8-3-2-4-10(14)11(8)15/h2-4,7,9,14-15H,5-6H2,1H3,(H,16,17)/t9-/m0/s1. The van der Waals surface area contributed by atoms with Gasteiger partial charge >= 0.3 is 5.97 Å². The Balaban J connectivity index is 2.82. The van der Waals surface area contributed by atoms with Crippen LogP contribution in [0.5, 0.6) is 11.5 Å². The first-order valence-electron chi connectivity index (χ1n) is 5.32. The number of aliphatic imine (C=N–C) groups is 1. The van der Waals surface area contributed by atoms with Gasteiger partial charge in [0.2, 0.25) is 0 Å². The molecule has 0 saturated carbocycles. The van der Waals surface area contributed by atoms with Gasteiger partial charge in [0.1, 0.15) is 6.04 Å². The van der Waals surface area contributed by atoms with E-state index in [9.17, 15) is 15.0 Å². The van der Waals surface area contributed by atoms with Crippen molar-refractivity contribution in [2.24, 2.45) is 4.99 Å². The second kappa shape index (κ2) is 6.90. The van der Waals surface area contributed by atoms with Crippen molar-refractivity contribution in [3.8, 4) is 11.5 Å². The number of nitrogens with zero attached hydrogens (tertiary/aromatic N) is 1. The summed E-state index contributed by atoms with van der Waals surface area (Å²) < 4.78 is 0. The number of hydrogen-bond acceptors (Lipinski definition) is 5. The van der Waals surface area contributed by atoms with Crippen molar-refractivity contribution >= 4 is 23.9 Å². The van der Waals surface area contributed by atoms with E-state index in [-0.39, 0.29) is 11.5 Å². The first kappa shape index (κ1) is 14.4. The highest BCUT2D eigenvalue weighted by Crippen LogP contribution is 2.26. The van der Waals surface area contributed by atoms with E-state index >= 15 is 0 Å². The van der Waals surface area contributed by atoms with Crippen LogP contribution in [0.15, 0.2) is 23.2 Å². The lowest BCUT2D eigenvalue weighted by Crippen LogP contribution is -2.18. The van der Waals surface area contributed by atoms with Crippen LogP contribution in [0.25, 0.3) is 0 Å². The molecule has 0 spiro atoms. The van der Waals surface area contributed by atoms with E-state index in [0.717, 1.165) is 0 Å². The van der Waals surface area contributed by atoms with E-state index in [1.165, 1.54) is 12.3 Å². The Hall–Kier alpha value is -1.69. The van der Waals surface area contributed by atoms with Crippen LogP contribution in [0.2, 0.25) is 0 Å². The molecule has 0 heterocycles. The van der Waals surface area contributed by atoms with Crippen LogP contribution in [0.3, 0.4) is 0 Å². The summed E-state index contributed by atoms with van der Waals surface area (Å²) in [5, 5.41) is 27.8. The molecular formula is C12H15NO4S. The van der Waals surface area contributed by atoms with Gasteiger partial charge < -0.3 is 15.3 Å². The molecule has 1 atom stereocenters. The maximum atomic E-state index is 10.9. The summed E-state index contributed by atoms with van der Waals surface area (Å²) in [6.07, 6.45) is 3.59. The minimum atomic E-state index is -1.00. The third-order valence-corrected chi connectivity index (χ3v) is 2.96. The average Bonchev–Trinajstić information content (AvgIpc) is 2.33. The summed E-state index contributed by atoms with van der Waals surface area (Å²) in [6.45, 7) is 0. The van der Waals surface area contributed by atoms with Crippen molar-refractivity contribution in [1.82, 2.24) is 0 Å². The van der Waals surface area contributed by atoms with Crippen LogP contribution in [0.4, 0.5) is 0 Å². The van der Waals surface area contributed by atoms with Gasteiger partial charge in [-0.25, -0.2) is 4.79 Å². The lowest BCUT2D eigenvalue weighted by Gasteiger charge is -2.06. The van der Waals surface area contributed by atoms with Gasteiger partial charge in [0, 0.05) is 11.8 Å². The average molecular weight is 269 g/mol. The van der Waals surface area contributed by atoms with Crippen LogP contribution >= 0.6 is 11.8 Å². The largest absolute Gasteiger partial charge is 0.504 e. The van der Waals surface area contributed by atoms with Crippen LogP contribution in [-0.4, -0.2) is 45.6 Å². The van der Waals surface area contributed by atoms with E-state index < -0.39 is 12.0 Å². The predicted octanol–water partition coefficient (Wildman–Crippen LogP) is 1.72. The molecule has 6 heteroatoms. The summed E-state index contributed by atoms with van der Waals surface area (Å²) >= 11 is 1.55. The minimum absolute atomic E-state index is 0.255. The van der Waals surface area contributed by atoms with Gasteiger partial charge in [-0.15, -0.1) is 0 Å². The number of benzene rings is 1. The van der Waals surface area contributed by atoms with E-state index in [1.54, 1.807) is 23.9 Å². The second-order valence-corrected chi connectivity index (χ2v) is 4.61. The van der Waals surface area contributed by atoms with Crippen molar-refractivity contribution in [2.75, 3.05) is 12.0 Å². The quantitative estimate of drug-likeness (QED) is 0.540. The number of rotatable bonds is 6. The van der Waals surface area contributed by atoms with Gasteiger partial charge in [0.05, 0.1) is 0 Å². The normalized spacial score (nSPS) is 12.7. The van der Waals surface area contributed by atoms with Gasteiger partial charge in [-0.3, -0.25) is 4.99 Å². The molecule has 0 bridgehead atoms. The molecule has 0 saturated heterocycles. The number of carboxylic acid groups (broad SMARTS) is 1. The summed E-state index contributed by atoms with van der Waals surface area (Å²) in [5.74, 6) is -0.856. The van der Waals surface area contributed by atoms with E-state index in [2.05, 4.69) is 4.99 Å². The molecule has 3 N–H and O–H groups in total. The lowest BCUT2D eigenvalue weighted by atomic mass is 10.2. The number of para-hydroxylation sites is 1. The molecule has 0 aliphatic carbocycles. The maximum absolute atomic E-state index is 10.9. The zero-order valence-corrected chi connectivity index (χ0v) is 10.7. The molecule has 0 aromatic heterocycles. The lowest BCUT2D eigenvalue weighted by molar-refractivity contribution is -0.138. The fraction of sp³-hybridized carbons (Fsp3) is 0.333. The van der Waals surface area contributed by atoms with Crippen LogP contribution < -0.4 is 0 Å². The Morgan fingerprint density at radius 2 is 2.22 bits per heavy atom. The van der Waals surface area contributed by atoms with Crippen LogP contribution in [-0.2, 0) is 4.79 Å². The molecule has 0 unspecified atom stereocenters. The molecule has 0 amide bonds. The Labute approximate surface area is 109 Å². The van der Waals surface area contributed by atoms with Crippen molar-refractivity contribution in [3.63, 3.8) is 0 Å². The minimum Gasteiger partial charge on any atom is -0.504 e. The van der Waals surface area contributed by atoms with Crippen molar-refractivity contribution in [1.29, 1.82) is 0 Å². The van der Waals surface area contributed by atoms with Gasteiger partial charge in [-0.1, -0.05) is 6.07 Å². The van der Waals surface area contributed by atoms with E-state index in [0.29, 0.717) is 17.7 Å². The Kier molecular flexibility index (Phi) is 5.51. The van der Waals surface area contributed by atoms with Gasteiger partial charge in [0.15, 0.2) is 11.5 Å². The van der Waals surface area contributed by atoms with E-state index in [1.807, 2.05) is 6.26 Å². The zero-order valence-electron chi connectivity index (χ0n) is 9.91. The topological polar surface area (TPSA) is 90.1 Å². The summed E-state index contributed by atoms with van der Waals surface area (Å²) in [5.41, 5.74) is 0.297. The summed E-state index contributed by atoms with van der Waals surface area (Å²) in [4.78, 5) is 14.9. The summed E-state index contributed by atoms with van der Waals surface area (Å²) in [6, 6.07) is 3.61. The first-order valence-corrected chi connectivity index (χ1v) is 6.71. The third kappa shape index (κ3) is 3.96. The van der Waals surface area contributed by atoms with Crippen LogP contribution in [0, 0.1) is 0 Å². The van der Waals surface area contributed by atoms with Gasteiger partial charge in [0.25, 0.3) is 0 Å². The molecular weight excluding hydrogens is 254 g/mol. The number of carboxylic acids is 1. The second-order valence-electron chi connectivity index (χ2n) is 3.63. The Bertz CT molecular complexity index is 448. The van der Waals surface area contributed by atoms with Gasteiger partial charge in [-0.05, 0) is 30.6 Å². The molecule has 98 valence electrons. The molecule has 1 aromatic carbocycles. The maximum Gasteiger partial charge on any atom is 0.328 e. The number of thioether (sulfide) groups is 1.